The Hall–Kier alpha value is -1.48. The van der Waals surface area contributed by atoms with E-state index in [1.807, 2.05) is 11.7 Å². The van der Waals surface area contributed by atoms with Crippen molar-refractivity contribution < 1.29 is 0 Å². The van der Waals surface area contributed by atoms with Gasteiger partial charge in [0.2, 0.25) is 0 Å². The van der Waals surface area contributed by atoms with Crippen LogP contribution in [0.25, 0.3) is 0 Å². The molecule has 2 rings (SSSR count). The SMILES string of the molecule is CCCCc1ccc(NCc2c(Cl)c(CC)nn2C)cc1. The quantitative estimate of drug-likeness (QED) is 0.810. The van der Waals surface area contributed by atoms with E-state index in [-0.39, 0.29) is 0 Å². The summed E-state index contributed by atoms with van der Waals surface area (Å²) in [6, 6.07) is 8.66. The van der Waals surface area contributed by atoms with Crippen LogP contribution in [-0.4, -0.2) is 9.78 Å². The van der Waals surface area contributed by atoms with Gasteiger partial charge in [0.25, 0.3) is 0 Å². The summed E-state index contributed by atoms with van der Waals surface area (Å²) in [5, 5.41) is 8.64. The molecule has 0 spiro atoms. The van der Waals surface area contributed by atoms with E-state index >= 15 is 0 Å². The van der Waals surface area contributed by atoms with Crippen molar-refractivity contribution in [3.63, 3.8) is 0 Å². The van der Waals surface area contributed by atoms with Gasteiger partial charge >= 0.3 is 0 Å². The Labute approximate surface area is 132 Å². The highest BCUT2D eigenvalue weighted by molar-refractivity contribution is 6.31. The minimum atomic E-state index is 0.691. The van der Waals surface area contributed by atoms with E-state index in [4.69, 9.17) is 11.6 Å². The second kappa shape index (κ2) is 7.51. The summed E-state index contributed by atoms with van der Waals surface area (Å²) in [5.74, 6) is 0. The molecule has 0 atom stereocenters. The topological polar surface area (TPSA) is 29.9 Å². The molecular formula is C17H24ClN3. The lowest BCUT2D eigenvalue weighted by Gasteiger charge is -2.08. The number of nitrogens with one attached hydrogen (secondary N) is 1. The van der Waals surface area contributed by atoms with Crippen LogP contribution in [0.5, 0.6) is 0 Å². The molecule has 0 aliphatic heterocycles. The van der Waals surface area contributed by atoms with Gasteiger partial charge in [-0.1, -0.05) is 44.0 Å². The predicted molar refractivity (Wildman–Crippen MR) is 90.0 cm³/mol. The smallest absolute Gasteiger partial charge is 0.0868 e. The lowest BCUT2D eigenvalue weighted by atomic mass is 10.1. The molecule has 0 fully saturated rings. The molecular weight excluding hydrogens is 282 g/mol. The zero-order valence-electron chi connectivity index (χ0n) is 13.1. The summed E-state index contributed by atoms with van der Waals surface area (Å²) in [4.78, 5) is 0. The van der Waals surface area contributed by atoms with Crippen molar-refractivity contribution in [3.05, 3.63) is 46.2 Å². The van der Waals surface area contributed by atoms with Crippen LogP contribution in [-0.2, 0) is 26.4 Å². The first-order valence-corrected chi connectivity index (χ1v) is 8.06. The second-order valence-electron chi connectivity index (χ2n) is 5.34. The largest absolute Gasteiger partial charge is 0.379 e. The number of rotatable bonds is 7. The fourth-order valence-corrected chi connectivity index (χ4v) is 2.73. The third kappa shape index (κ3) is 4.01. The van der Waals surface area contributed by atoms with Gasteiger partial charge in [-0.25, -0.2) is 0 Å². The van der Waals surface area contributed by atoms with Crippen molar-refractivity contribution in [2.75, 3.05) is 5.32 Å². The van der Waals surface area contributed by atoms with Crippen LogP contribution in [0.3, 0.4) is 0 Å². The molecule has 2 aromatic rings. The van der Waals surface area contributed by atoms with Gasteiger partial charge in [0.1, 0.15) is 0 Å². The molecule has 0 saturated heterocycles. The van der Waals surface area contributed by atoms with Crippen LogP contribution < -0.4 is 5.32 Å². The molecule has 1 N–H and O–H groups in total. The number of halogens is 1. The Morgan fingerprint density at radius 1 is 1.19 bits per heavy atom. The van der Waals surface area contributed by atoms with Gasteiger partial charge in [-0.3, -0.25) is 4.68 Å². The fraction of sp³-hybridized carbons (Fsp3) is 0.471. The molecule has 0 amide bonds. The van der Waals surface area contributed by atoms with E-state index in [1.165, 1.54) is 18.4 Å². The molecule has 21 heavy (non-hydrogen) atoms. The molecule has 0 aliphatic carbocycles. The van der Waals surface area contributed by atoms with Gasteiger partial charge < -0.3 is 5.32 Å². The maximum Gasteiger partial charge on any atom is 0.0868 e. The maximum absolute atomic E-state index is 6.36. The molecule has 114 valence electrons. The van der Waals surface area contributed by atoms with Crippen molar-refractivity contribution in [1.29, 1.82) is 0 Å². The summed E-state index contributed by atoms with van der Waals surface area (Å²) in [5.41, 5.74) is 4.51. The summed E-state index contributed by atoms with van der Waals surface area (Å²) in [6.07, 6.45) is 4.50. The first-order chi connectivity index (χ1) is 10.2. The Balaban J connectivity index is 1.98. The van der Waals surface area contributed by atoms with Crippen LogP contribution in [0.1, 0.15) is 43.6 Å². The minimum absolute atomic E-state index is 0.691. The van der Waals surface area contributed by atoms with E-state index in [0.29, 0.717) is 6.54 Å². The van der Waals surface area contributed by atoms with Gasteiger partial charge in [0, 0.05) is 12.7 Å². The average molecular weight is 306 g/mol. The molecule has 1 heterocycles. The Bertz CT molecular complexity index is 572. The summed E-state index contributed by atoms with van der Waals surface area (Å²) < 4.78 is 1.86. The monoisotopic (exact) mass is 305 g/mol. The van der Waals surface area contributed by atoms with E-state index in [9.17, 15) is 0 Å². The van der Waals surface area contributed by atoms with Crippen LogP contribution in [0, 0.1) is 0 Å². The second-order valence-corrected chi connectivity index (χ2v) is 5.72. The molecule has 4 heteroatoms. The van der Waals surface area contributed by atoms with Crippen LogP contribution >= 0.6 is 11.6 Å². The highest BCUT2D eigenvalue weighted by Crippen LogP contribution is 2.22. The number of anilines is 1. The molecule has 0 saturated carbocycles. The number of hydrogen-bond donors (Lipinski definition) is 1. The van der Waals surface area contributed by atoms with E-state index < -0.39 is 0 Å². The fourth-order valence-electron chi connectivity index (χ4n) is 2.37. The van der Waals surface area contributed by atoms with Crippen molar-refractivity contribution in [1.82, 2.24) is 9.78 Å². The lowest BCUT2D eigenvalue weighted by Crippen LogP contribution is -2.06. The first-order valence-electron chi connectivity index (χ1n) is 7.68. The molecule has 0 radical (unpaired) electrons. The molecule has 1 aromatic carbocycles. The predicted octanol–water partition coefficient (Wildman–Crippen LogP) is 4.59. The maximum atomic E-state index is 6.36. The molecule has 0 unspecified atom stereocenters. The van der Waals surface area contributed by atoms with E-state index in [0.717, 1.165) is 34.9 Å². The van der Waals surface area contributed by atoms with Crippen molar-refractivity contribution >= 4 is 17.3 Å². The summed E-state index contributed by atoms with van der Waals surface area (Å²) in [6.45, 7) is 4.98. The van der Waals surface area contributed by atoms with Crippen molar-refractivity contribution in [2.24, 2.45) is 7.05 Å². The highest BCUT2D eigenvalue weighted by atomic mass is 35.5. The Morgan fingerprint density at radius 2 is 1.90 bits per heavy atom. The van der Waals surface area contributed by atoms with Crippen LogP contribution in [0.2, 0.25) is 5.02 Å². The van der Waals surface area contributed by atoms with Crippen LogP contribution in [0.4, 0.5) is 5.69 Å². The van der Waals surface area contributed by atoms with E-state index in [1.54, 1.807) is 0 Å². The standard InChI is InChI=1S/C17H24ClN3/c1-4-6-7-13-8-10-14(11-9-13)19-12-16-17(18)15(5-2)20-21(16)3/h8-11,19H,4-7,12H2,1-3H3. The number of aromatic nitrogens is 2. The molecule has 3 nitrogen and oxygen atoms in total. The van der Waals surface area contributed by atoms with Gasteiger partial charge in [0.05, 0.1) is 23.0 Å². The highest BCUT2D eigenvalue weighted by Gasteiger charge is 2.12. The minimum Gasteiger partial charge on any atom is -0.379 e. The number of benzene rings is 1. The summed E-state index contributed by atoms with van der Waals surface area (Å²) >= 11 is 6.36. The zero-order valence-corrected chi connectivity index (χ0v) is 13.9. The average Bonchev–Trinajstić information content (AvgIpc) is 2.78. The zero-order chi connectivity index (χ0) is 15.2. The number of hydrogen-bond acceptors (Lipinski definition) is 2. The number of aryl methyl sites for hydroxylation is 3. The number of nitrogens with zero attached hydrogens (tertiary/aromatic N) is 2. The molecule has 0 bridgehead atoms. The lowest BCUT2D eigenvalue weighted by molar-refractivity contribution is 0.707. The molecule has 0 aliphatic rings. The van der Waals surface area contributed by atoms with Crippen molar-refractivity contribution in [3.8, 4) is 0 Å². The van der Waals surface area contributed by atoms with Crippen LogP contribution in [0.15, 0.2) is 24.3 Å². The Kier molecular flexibility index (Phi) is 5.68. The molecule has 1 aromatic heterocycles. The van der Waals surface area contributed by atoms with Gasteiger partial charge in [-0.05, 0) is 37.0 Å². The number of unbranched alkanes of at least 4 members (excludes halogenated alkanes) is 1. The normalized spacial score (nSPS) is 10.9. The summed E-state index contributed by atoms with van der Waals surface area (Å²) in [7, 11) is 1.94. The van der Waals surface area contributed by atoms with Crippen molar-refractivity contribution in [2.45, 2.75) is 46.1 Å². The van der Waals surface area contributed by atoms with E-state index in [2.05, 4.69) is 48.5 Å². The third-order valence-corrected chi connectivity index (χ3v) is 4.17. The Morgan fingerprint density at radius 3 is 2.48 bits per heavy atom. The van der Waals surface area contributed by atoms with Gasteiger partial charge in [0.15, 0.2) is 0 Å². The van der Waals surface area contributed by atoms with Gasteiger partial charge in [-0.2, -0.15) is 5.10 Å². The third-order valence-electron chi connectivity index (χ3n) is 3.74. The first kappa shape index (κ1) is 15.9. The van der Waals surface area contributed by atoms with Gasteiger partial charge in [-0.15, -0.1) is 0 Å².